The lowest BCUT2D eigenvalue weighted by molar-refractivity contribution is 0.973. The zero-order valence-corrected chi connectivity index (χ0v) is 10.6. The molecule has 0 radical (unpaired) electrons. The fraction of sp³-hybridized carbons (Fsp3) is 0. The number of nitrogen functional groups attached to an aromatic ring is 1. The van der Waals surface area contributed by atoms with Crippen LogP contribution < -0.4 is 11.4 Å². The van der Waals surface area contributed by atoms with Gasteiger partial charge in [-0.3, -0.25) is 9.47 Å². The third-order valence-electron chi connectivity index (χ3n) is 3.66. The van der Waals surface area contributed by atoms with E-state index in [2.05, 4.69) is 17.1 Å². The number of nitrogens with zero attached hydrogens (tertiary/aromatic N) is 2. The average Bonchev–Trinajstić information content (AvgIpc) is 2.48. The molecule has 4 aromatic rings. The molecule has 4 heteroatoms. The SMILES string of the molecule is Nn1cnc(=O)c2c3cc4ccccc4cc3ccc21. The van der Waals surface area contributed by atoms with Crippen LogP contribution in [0.25, 0.3) is 32.4 Å². The lowest BCUT2D eigenvalue weighted by Gasteiger charge is -2.08. The monoisotopic (exact) mass is 261 g/mol. The van der Waals surface area contributed by atoms with Crippen LogP contribution >= 0.6 is 0 Å². The van der Waals surface area contributed by atoms with E-state index in [9.17, 15) is 4.79 Å². The van der Waals surface area contributed by atoms with Crippen molar-refractivity contribution >= 4 is 32.4 Å². The molecule has 1 heterocycles. The van der Waals surface area contributed by atoms with Gasteiger partial charge in [0.2, 0.25) is 0 Å². The predicted octanol–water partition coefficient (Wildman–Crippen LogP) is 2.42. The summed E-state index contributed by atoms with van der Waals surface area (Å²) in [6.45, 7) is 0. The molecule has 0 aliphatic carbocycles. The summed E-state index contributed by atoms with van der Waals surface area (Å²) in [7, 11) is 0. The molecule has 20 heavy (non-hydrogen) atoms. The van der Waals surface area contributed by atoms with Crippen LogP contribution in [0.15, 0.2) is 59.7 Å². The molecule has 0 atom stereocenters. The molecule has 0 unspecified atom stereocenters. The Balaban J connectivity index is 2.32. The maximum atomic E-state index is 12.1. The summed E-state index contributed by atoms with van der Waals surface area (Å²) in [5.41, 5.74) is 0.440. The molecule has 0 aliphatic heterocycles. The Morgan fingerprint density at radius 1 is 0.950 bits per heavy atom. The summed E-state index contributed by atoms with van der Waals surface area (Å²) < 4.78 is 1.38. The summed E-state index contributed by atoms with van der Waals surface area (Å²) in [4.78, 5) is 15.9. The molecule has 4 rings (SSSR count). The molecule has 0 aliphatic rings. The van der Waals surface area contributed by atoms with Gasteiger partial charge in [0.05, 0.1) is 10.9 Å². The Morgan fingerprint density at radius 2 is 1.70 bits per heavy atom. The molecular weight excluding hydrogens is 250 g/mol. The number of aromatic nitrogens is 2. The van der Waals surface area contributed by atoms with E-state index in [-0.39, 0.29) is 5.56 Å². The summed E-state index contributed by atoms with van der Waals surface area (Å²) in [6, 6.07) is 16.0. The highest BCUT2D eigenvalue weighted by Gasteiger charge is 2.08. The van der Waals surface area contributed by atoms with Gasteiger partial charge in [0.25, 0.3) is 5.56 Å². The summed E-state index contributed by atoms with van der Waals surface area (Å²) >= 11 is 0. The molecular formula is C16H11N3O. The quantitative estimate of drug-likeness (QED) is 0.300. The van der Waals surface area contributed by atoms with Crippen molar-refractivity contribution in [2.75, 3.05) is 5.84 Å². The van der Waals surface area contributed by atoms with E-state index in [4.69, 9.17) is 5.84 Å². The lowest BCUT2D eigenvalue weighted by Crippen LogP contribution is -2.17. The first-order valence-corrected chi connectivity index (χ1v) is 6.32. The summed E-state index contributed by atoms with van der Waals surface area (Å²) in [5.74, 6) is 5.84. The van der Waals surface area contributed by atoms with Crippen molar-refractivity contribution in [2.45, 2.75) is 0 Å². The molecule has 0 saturated heterocycles. The van der Waals surface area contributed by atoms with Gasteiger partial charge in [0.1, 0.15) is 6.33 Å². The third kappa shape index (κ3) is 1.42. The smallest absolute Gasteiger partial charge is 0.281 e. The van der Waals surface area contributed by atoms with Crippen LogP contribution in [-0.2, 0) is 0 Å². The van der Waals surface area contributed by atoms with Gasteiger partial charge in [0.15, 0.2) is 0 Å². The zero-order chi connectivity index (χ0) is 13.7. The highest BCUT2D eigenvalue weighted by molar-refractivity contribution is 6.10. The van der Waals surface area contributed by atoms with Gasteiger partial charge < -0.3 is 5.84 Å². The maximum absolute atomic E-state index is 12.1. The largest absolute Gasteiger partial charge is 0.338 e. The van der Waals surface area contributed by atoms with Crippen LogP contribution in [-0.4, -0.2) is 9.66 Å². The topological polar surface area (TPSA) is 60.9 Å². The van der Waals surface area contributed by atoms with Gasteiger partial charge >= 0.3 is 0 Å². The first-order chi connectivity index (χ1) is 9.74. The number of hydrogen-bond acceptors (Lipinski definition) is 3. The second kappa shape index (κ2) is 3.81. The molecule has 0 spiro atoms. The average molecular weight is 261 g/mol. The van der Waals surface area contributed by atoms with Gasteiger partial charge in [-0.1, -0.05) is 30.3 Å². The van der Waals surface area contributed by atoms with Crippen molar-refractivity contribution in [1.29, 1.82) is 0 Å². The summed E-state index contributed by atoms with van der Waals surface area (Å²) in [5, 5.41) is 4.72. The number of hydrogen-bond donors (Lipinski definition) is 1. The number of nitrogens with two attached hydrogens (primary N) is 1. The van der Waals surface area contributed by atoms with E-state index in [1.807, 2.05) is 36.4 Å². The van der Waals surface area contributed by atoms with Gasteiger partial charge in [-0.15, -0.1) is 0 Å². The van der Waals surface area contributed by atoms with Crippen LogP contribution in [0.2, 0.25) is 0 Å². The Labute approximate surface area is 114 Å². The fourth-order valence-corrected chi connectivity index (χ4v) is 2.68. The van der Waals surface area contributed by atoms with E-state index in [1.54, 1.807) is 0 Å². The normalized spacial score (nSPS) is 11.4. The van der Waals surface area contributed by atoms with Crippen LogP contribution in [0.5, 0.6) is 0 Å². The second-order valence-corrected chi connectivity index (χ2v) is 4.84. The fourth-order valence-electron chi connectivity index (χ4n) is 2.68. The van der Waals surface area contributed by atoms with Crippen molar-refractivity contribution in [2.24, 2.45) is 0 Å². The third-order valence-corrected chi connectivity index (χ3v) is 3.66. The van der Waals surface area contributed by atoms with Crippen molar-refractivity contribution in [3.05, 3.63) is 65.2 Å². The van der Waals surface area contributed by atoms with Gasteiger partial charge in [-0.2, -0.15) is 4.98 Å². The lowest BCUT2D eigenvalue weighted by atomic mass is 10.0. The molecule has 4 nitrogen and oxygen atoms in total. The van der Waals surface area contributed by atoms with Crippen LogP contribution in [0.4, 0.5) is 0 Å². The van der Waals surface area contributed by atoms with Crippen molar-refractivity contribution < 1.29 is 0 Å². The van der Waals surface area contributed by atoms with E-state index < -0.39 is 0 Å². The molecule has 0 amide bonds. The van der Waals surface area contributed by atoms with Crippen molar-refractivity contribution in [3.8, 4) is 0 Å². The Kier molecular flexibility index (Phi) is 2.09. The molecule has 0 saturated carbocycles. The van der Waals surface area contributed by atoms with Crippen molar-refractivity contribution in [3.63, 3.8) is 0 Å². The number of rotatable bonds is 0. The predicted molar refractivity (Wildman–Crippen MR) is 81.2 cm³/mol. The van der Waals surface area contributed by atoms with Crippen molar-refractivity contribution in [1.82, 2.24) is 9.66 Å². The first-order valence-electron chi connectivity index (χ1n) is 6.32. The second-order valence-electron chi connectivity index (χ2n) is 4.84. The van der Waals surface area contributed by atoms with Crippen LogP contribution in [0.3, 0.4) is 0 Å². The first kappa shape index (κ1) is 11.0. The summed E-state index contributed by atoms with van der Waals surface area (Å²) in [6.07, 6.45) is 1.34. The maximum Gasteiger partial charge on any atom is 0.281 e. The number of benzene rings is 3. The Bertz CT molecular complexity index is 1030. The minimum Gasteiger partial charge on any atom is -0.338 e. The zero-order valence-electron chi connectivity index (χ0n) is 10.6. The molecule has 1 aromatic heterocycles. The molecule has 2 N–H and O–H groups in total. The molecule has 96 valence electrons. The number of fused-ring (bicyclic) bond motifs is 4. The van der Waals surface area contributed by atoms with E-state index >= 15 is 0 Å². The minimum absolute atomic E-state index is 0.248. The molecule has 0 fully saturated rings. The highest BCUT2D eigenvalue weighted by atomic mass is 16.1. The Morgan fingerprint density at radius 3 is 2.50 bits per heavy atom. The highest BCUT2D eigenvalue weighted by Crippen LogP contribution is 2.27. The van der Waals surface area contributed by atoms with Crippen LogP contribution in [0.1, 0.15) is 0 Å². The van der Waals surface area contributed by atoms with Gasteiger partial charge in [0, 0.05) is 0 Å². The van der Waals surface area contributed by atoms with E-state index in [0.29, 0.717) is 10.9 Å². The van der Waals surface area contributed by atoms with E-state index in [0.717, 1.165) is 21.5 Å². The molecule has 3 aromatic carbocycles. The molecule has 0 bridgehead atoms. The standard InChI is InChI=1S/C16H11N3O/c17-19-9-18-16(20)15-13-8-11-4-2-1-3-10(11)7-12(13)5-6-14(15)19/h1-9H,17H2. The van der Waals surface area contributed by atoms with Gasteiger partial charge in [-0.25, -0.2) is 0 Å². The van der Waals surface area contributed by atoms with Gasteiger partial charge in [-0.05, 0) is 39.7 Å². The van der Waals surface area contributed by atoms with Crippen LogP contribution in [0, 0.1) is 0 Å². The van der Waals surface area contributed by atoms with E-state index in [1.165, 1.54) is 11.0 Å². The minimum atomic E-state index is -0.248. The Hall–Kier alpha value is -2.88.